The van der Waals surface area contributed by atoms with E-state index in [2.05, 4.69) is 5.32 Å². The topological polar surface area (TPSA) is 99.9 Å². The first-order chi connectivity index (χ1) is 20.2. The molecular formula is C30H34F3N5O4. The third-order valence-corrected chi connectivity index (χ3v) is 7.93. The molecule has 0 aliphatic carbocycles. The summed E-state index contributed by atoms with van der Waals surface area (Å²) in [5.41, 5.74) is 0.995. The average molecular weight is 586 g/mol. The van der Waals surface area contributed by atoms with Crippen LogP contribution in [0.3, 0.4) is 0 Å². The number of methoxy groups -OCH3 is 1. The lowest BCUT2D eigenvalue weighted by Gasteiger charge is -2.46. The number of nitrogens with zero attached hydrogens (tertiary/aromatic N) is 4. The second-order valence-corrected chi connectivity index (χ2v) is 10.9. The number of benzene rings is 2. The van der Waals surface area contributed by atoms with Gasteiger partial charge in [-0.25, -0.2) is 22.9 Å². The highest BCUT2D eigenvalue weighted by Crippen LogP contribution is 2.38. The predicted molar refractivity (Wildman–Crippen MR) is 148 cm³/mol. The van der Waals surface area contributed by atoms with Gasteiger partial charge < -0.3 is 29.5 Å². The Morgan fingerprint density at radius 2 is 1.90 bits per heavy atom. The number of hydrogen-bond acceptors (Lipinski definition) is 6. The van der Waals surface area contributed by atoms with Gasteiger partial charge in [0.1, 0.15) is 29.7 Å². The van der Waals surface area contributed by atoms with E-state index in [1.54, 1.807) is 10.8 Å². The van der Waals surface area contributed by atoms with Gasteiger partial charge in [0.05, 0.1) is 18.8 Å². The molecule has 0 saturated carbocycles. The number of halogens is 3. The van der Waals surface area contributed by atoms with E-state index in [4.69, 9.17) is 9.72 Å². The summed E-state index contributed by atoms with van der Waals surface area (Å²) in [5.74, 6) is -2.47. The van der Waals surface area contributed by atoms with Crippen molar-refractivity contribution in [3.63, 3.8) is 0 Å². The minimum atomic E-state index is -1.39. The number of nitrogens with one attached hydrogen (secondary N) is 1. The molecule has 2 aliphatic rings. The molecule has 3 aromatic rings. The summed E-state index contributed by atoms with van der Waals surface area (Å²) in [5, 5.41) is 13.4. The second-order valence-electron chi connectivity index (χ2n) is 10.9. The summed E-state index contributed by atoms with van der Waals surface area (Å²) in [7, 11) is 1.28. The standard InChI is InChI=1S/C30H34F3N5O4/c1-18(39)29(40)38(16-20-11-34-12-25(20)33)27(21-14-37(15-21)30(41)42-2)28-35-26(23-10-22(31)8-9-24(23)32)17-36(28)13-19-6-4-3-5-7-19/h3-10,17-18,20-21,25,27,34,39H,11-16H2,1-2H3/t18-,20-,25-,27+/m0/s1. The number of rotatable bonds is 9. The lowest BCUT2D eigenvalue weighted by molar-refractivity contribution is -0.146. The highest BCUT2D eigenvalue weighted by atomic mass is 19.1. The summed E-state index contributed by atoms with van der Waals surface area (Å²) in [6.45, 7) is 2.54. The zero-order valence-electron chi connectivity index (χ0n) is 23.4. The third kappa shape index (κ3) is 6.14. The number of alkyl halides is 1. The first-order valence-corrected chi connectivity index (χ1v) is 13.9. The molecule has 2 amide bonds. The van der Waals surface area contributed by atoms with Crippen LogP contribution >= 0.6 is 0 Å². The first kappa shape index (κ1) is 29.6. The molecule has 12 heteroatoms. The highest BCUT2D eigenvalue weighted by molar-refractivity contribution is 5.81. The van der Waals surface area contributed by atoms with E-state index in [9.17, 15) is 27.9 Å². The van der Waals surface area contributed by atoms with Crippen LogP contribution in [0.1, 0.15) is 24.4 Å². The largest absolute Gasteiger partial charge is 0.453 e. The molecule has 3 heterocycles. The van der Waals surface area contributed by atoms with Crippen molar-refractivity contribution in [1.29, 1.82) is 0 Å². The van der Waals surface area contributed by atoms with Crippen molar-refractivity contribution >= 4 is 12.0 Å². The second kappa shape index (κ2) is 12.5. The van der Waals surface area contributed by atoms with Gasteiger partial charge in [0.25, 0.3) is 5.91 Å². The van der Waals surface area contributed by atoms with Crippen LogP contribution in [0.4, 0.5) is 18.0 Å². The maximum absolute atomic E-state index is 14.9. The number of imidazole rings is 1. The molecule has 5 rings (SSSR count). The summed E-state index contributed by atoms with van der Waals surface area (Å²) < 4.78 is 50.6. The van der Waals surface area contributed by atoms with Crippen molar-refractivity contribution in [2.45, 2.75) is 31.8 Å². The quantitative estimate of drug-likeness (QED) is 0.400. The molecule has 2 aromatic carbocycles. The van der Waals surface area contributed by atoms with Gasteiger partial charge in [-0.05, 0) is 30.7 Å². The molecule has 2 N–H and O–H groups in total. The van der Waals surface area contributed by atoms with Crippen LogP contribution in [-0.2, 0) is 16.1 Å². The van der Waals surface area contributed by atoms with Crippen molar-refractivity contribution in [1.82, 2.24) is 24.7 Å². The minimum absolute atomic E-state index is 0.0147. The maximum atomic E-state index is 14.9. The van der Waals surface area contributed by atoms with Crippen LogP contribution in [0, 0.1) is 23.5 Å². The van der Waals surface area contributed by atoms with Crippen LogP contribution < -0.4 is 5.32 Å². The smallest absolute Gasteiger partial charge is 0.409 e. The lowest BCUT2D eigenvalue weighted by Crippen LogP contribution is -2.57. The highest BCUT2D eigenvalue weighted by Gasteiger charge is 2.46. The van der Waals surface area contributed by atoms with Gasteiger partial charge in [0, 0.05) is 62.9 Å². The van der Waals surface area contributed by atoms with E-state index in [0.29, 0.717) is 12.4 Å². The number of likely N-dealkylation sites (tertiary alicyclic amines) is 1. The molecule has 42 heavy (non-hydrogen) atoms. The average Bonchev–Trinajstić information content (AvgIpc) is 3.55. The minimum Gasteiger partial charge on any atom is -0.453 e. The summed E-state index contributed by atoms with van der Waals surface area (Å²) in [4.78, 5) is 33.5. The van der Waals surface area contributed by atoms with E-state index in [1.807, 2.05) is 30.3 Å². The van der Waals surface area contributed by atoms with E-state index in [-0.39, 0.29) is 49.9 Å². The fraction of sp³-hybridized carbons (Fsp3) is 0.433. The van der Waals surface area contributed by atoms with Crippen molar-refractivity contribution in [2.75, 3.05) is 39.8 Å². The number of amides is 2. The molecule has 4 atom stereocenters. The Kier molecular flexibility index (Phi) is 8.83. The Morgan fingerprint density at radius 1 is 1.17 bits per heavy atom. The molecule has 2 fully saturated rings. The normalized spacial score (nSPS) is 20.2. The van der Waals surface area contributed by atoms with Crippen LogP contribution in [0.15, 0.2) is 54.7 Å². The van der Waals surface area contributed by atoms with Gasteiger partial charge in [-0.3, -0.25) is 4.79 Å². The fourth-order valence-electron chi connectivity index (χ4n) is 5.71. The number of aliphatic hydroxyl groups is 1. The van der Waals surface area contributed by atoms with Crippen LogP contribution in [-0.4, -0.2) is 88.6 Å². The Bertz CT molecular complexity index is 1410. The molecule has 2 saturated heterocycles. The predicted octanol–water partition coefficient (Wildman–Crippen LogP) is 3.38. The van der Waals surface area contributed by atoms with Gasteiger partial charge in [-0.1, -0.05) is 30.3 Å². The third-order valence-electron chi connectivity index (χ3n) is 7.93. The zero-order valence-corrected chi connectivity index (χ0v) is 23.4. The molecule has 224 valence electrons. The number of aromatic nitrogens is 2. The molecular weight excluding hydrogens is 551 g/mol. The Labute approximate surface area is 241 Å². The summed E-state index contributed by atoms with van der Waals surface area (Å²) in [6.07, 6.45) is -1.53. The molecule has 0 unspecified atom stereocenters. The van der Waals surface area contributed by atoms with Crippen molar-refractivity contribution < 1.29 is 32.6 Å². The molecule has 9 nitrogen and oxygen atoms in total. The van der Waals surface area contributed by atoms with Crippen LogP contribution in [0.2, 0.25) is 0 Å². The van der Waals surface area contributed by atoms with Gasteiger partial charge in [0.15, 0.2) is 0 Å². The zero-order chi connectivity index (χ0) is 30.0. The summed E-state index contributed by atoms with van der Waals surface area (Å²) >= 11 is 0. The number of aliphatic hydroxyl groups excluding tert-OH is 1. The van der Waals surface area contributed by atoms with Crippen LogP contribution in [0.25, 0.3) is 11.3 Å². The van der Waals surface area contributed by atoms with Gasteiger partial charge >= 0.3 is 6.09 Å². The fourth-order valence-corrected chi connectivity index (χ4v) is 5.71. The molecule has 0 spiro atoms. The Morgan fingerprint density at radius 3 is 2.55 bits per heavy atom. The molecule has 2 aliphatic heterocycles. The van der Waals surface area contributed by atoms with Gasteiger partial charge in [0.2, 0.25) is 0 Å². The van der Waals surface area contributed by atoms with E-state index in [1.165, 1.54) is 23.8 Å². The number of hydrogen-bond donors (Lipinski definition) is 2. The number of ether oxygens (including phenoxy) is 1. The molecule has 1 aromatic heterocycles. The van der Waals surface area contributed by atoms with Crippen molar-refractivity contribution in [2.24, 2.45) is 11.8 Å². The molecule has 0 bridgehead atoms. The van der Waals surface area contributed by atoms with Crippen molar-refractivity contribution in [3.8, 4) is 11.3 Å². The molecule has 0 radical (unpaired) electrons. The van der Waals surface area contributed by atoms with Gasteiger partial charge in [-0.15, -0.1) is 0 Å². The number of carbonyl (C=O) groups excluding carboxylic acids is 2. The van der Waals surface area contributed by atoms with Crippen LogP contribution in [0.5, 0.6) is 0 Å². The van der Waals surface area contributed by atoms with E-state index in [0.717, 1.165) is 23.8 Å². The lowest BCUT2D eigenvalue weighted by atomic mass is 9.88. The van der Waals surface area contributed by atoms with Crippen molar-refractivity contribution in [3.05, 3.63) is 77.8 Å². The number of carbonyl (C=O) groups is 2. The van der Waals surface area contributed by atoms with E-state index < -0.39 is 47.9 Å². The Hall–Kier alpha value is -3.90. The maximum Gasteiger partial charge on any atom is 0.409 e. The van der Waals surface area contributed by atoms with E-state index >= 15 is 0 Å². The summed E-state index contributed by atoms with van der Waals surface area (Å²) in [6, 6.07) is 11.7. The Balaban J connectivity index is 1.64. The SMILES string of the molecule is COC(=O)N1CC([C@H](c2nc(-c3cc(F)ccc3F)cn2Cc2ccccc2)N(C[C@@H]2CNC[C@@H]2F)C(=O)[C@H](C)O)C1. The van der Waals surface area contributed by atoms with Gasteiger partial charge in [-0.2, -0.15) is 0 Å². The monoisotopic (exact) mass is 585 g/mol. The first-order valence-electron chi connectivity index (χ1n) is 13.9.